The molecular formula is C19H23ClN4O2. The standard InChI is InChI=1S/C19H23ClN4O2/c20-15-8-4-7-14(11-15)16-12-17(24-23-16)19(26)22-10-9-21-18(25)13-5-2-1-3-6-13/h4,7-8,11-13H,1-3,5-6,9-10H2,(H,21,25)(H,22,26)(H,23,24). The van der Waals surface area contributed by atoms with Crippen molar-refractivity contribution >= 4 is 23.4 Å². The second kappa shape index (κ2) is 8.85. The number of benzene rings is 1. The first-order valence-electron chi connectivity index (χ1n) is 9.01. The Labute approximate surface area is 157 Å². The van der Waals surface area contributed by atoms with E-state index in [4.69, 9.17) is 11.6 Å². The normalized spacial score (nSPS) is 14.8. The number of rotatable bonds is 6. The van der Waals surface area contributed by atoms with Gasteiger partial charge in [-0.15, -0.1) is 0 Å². The van der Waals surface area contributed by atoms with Gasteiger partial charge in [0.05, 0.1) is 5.69 Å². The first-order chi connectivity index (χ1) is 12.6. The van der Waals surface area contributed by atoms with Gasteiger partial charge in [0.1, 0.15) is 5.69 Å². The Morgan fingerprint density at radius 1 is 1.12 bits per heavy atom. The van der Waals surface area contributed by atoms with Crippen molar-refractivity contribution in [2.75, 3.05) is 13.1 Å². The Hall–Kier alpha value is -2.34. The van der Waals surface area contributed by atoms with Crippen LogP contribution >= 0.6 is 11.6 Å². The molecule has 2 amide bonds. The number of aromatic amines is 1. The molecule has 26 heavy (non-hydrogen) atoms. The second-order valence-electron chi connectivity index (χ2n) is 6.56. The summed E-state index contributed by atoms with van der Waals surface area (Å²) in [6, 6.07) is 8.97. The van der Waals surface area contributed by atoms with Crippen LogP contribution in [0.2, 0.25) is 5.02 Å². The van der Waals surface area contributed by atoms with Crippen LogP contribution in [-0.4, -0.2) is 35.1 Å². The molecule has 3 rings (SSSR count). The summed E-state index contributed by atoms with van der Waals surface area (Å²) in [5.41, 5.74) is 1.87. The van der Waals surface area contributed by atoms with E-state index in [-0.39, 0.29) is 17.7 Å². The van der Waals surface area contributed by atoms with Gasteiger partial charge in [0.15, 0.2) is 0 Å². The minimum Gasteiger partial charge on any atom is -0.354 e. The van der Waals surface area contributed by atoms with Crippen LogP contribution in [0, 0.1) is 5.92 Å². The van der Waals surface area contributed by atoms with Gasteiger partial charge in [0.25, 0.3) is 5.91 Å². The second-order valence-corrected chi connectivity index (χ2v) is 7.00. The maximum atomic E-state index is 12.2. The molecule has 0 aliphatic heterocycles. The molecule has 1 heterocycles. The predicted molar refractivity (Wildman–Crippen MR) is 101 cm³/mol. The first-order valence-corrected chi connectivity index (χ1v) is 9.38. The van der Waals surface area contributed by atoms with Crippen molar-refractivity contribution in [2.45, 2.75) is 32.1 Å². The summed E-state index contributed by atoms with van der Waals surface area (Å²) in [7, 11) is 0. The summed E-state index contributed by atoms with van der Waals surface area (Å²) in [4.78, 5) is 24.2. The zero-order chi connectivity index (χ0) is 18.4. The molecule has 0 radical (unpaired) electrons. The quantitative estimate of drug-likeness (QED) is 0.679. The average molecular weight is 375 g/mol. The van der Waals surface area contributed by atoms with Gasteiger partial charge < -0.3 is 10.6 Å². The molecule has 0 unspecified atom stereocenters. The van der Waals surface area contributed by atoms with Crippen LogP contribution in [0.25, 0.3) is 11.3 Å². The molecule has 2 aromatic rings. The monoisotopic (exact) mass is 374 g/mol. The number of hydrogen-bond donors (Lipinski definition) is 3. The van der Waals surface area contributed by atoms with Crippen molar-refractivity contribution in [1.82, 2.24) is 20.8 Å². The lowest BCUT2D eigenvalue weighted by Gasteiger charge is -2.20. The highest BCUT2D eigenvalue weighted by atomic mass is 35.5. The summed E-state index contributed by atoms with van der Waals surface area (Å²) in [5.74, 6) is -0.0197. The molecule has 6 nitrogen and oxygen atoms in total. The van der Waals surface area contributed by atoms with E-state index in [1.165, 1.54) is 6.42 Å². The number of amides is 2. The Balaban J connectivity index is 1.44. The predicted octanol–water partition coefficient (Wildman–Crippen LogP) is 3.16. The van der Waals surface area contributed by atoms with Crippen LogP contribution in [0.3, 0.4) is 0 Å². The highest BCUT2D eigenvalue weighted by molar-refractivity contribution is 6.30. The third-order valence-corrected chi connectivity index (χ3v) is 4.86. The molecule has 0 spiro atoms. The largest absolute Gasteiger partial charge is 0.354 e. The molecule has 0 atom stereocenters. The zero-order valence-corrected chi connectivity index (χ0v) is 15.3. The van der Waals surface area contributed by atoms with Crippen molar-refractivity contribution in [1.29, 1.82) is 0 Å². The molecule has 7 heteroatoms. The highest BCUT2D eigenvalue weighted by Gasteiger charge is 2.20. The summed E-state index contributed by atoms with van der Waals surface area (Å²) in [6.07, 6.45) is 5.42. The van der Waals surface area contributed by atoms with Crippen LogP contribution < -0.4 is 10.6 Å². The topological polar surface area (TPSA) is 86.9 Å². The van der Waals surface area contributed by atoms with Gasteiger partial charge in [-0.05, 0) is 31.0 Å². The number of carbonyl (C=O) groups excluding carboxylic acids is 2. The maximum Gasteiger partial charge on any atom is 0.269 e. The van der Waals surface area contributed by atoms with Crippen LogP contribution in [0.15, 0.2) is 30.3 Å². The van der Waals surface area contributed by atoms with Crippen LogP contribution in [0.4, 0.5) is 0 Å². The van der Waals surface area contributed by atoms with Crippen molar-refractivity contribution < 1.29 is 9.59 Å². The van der Waals surface area contributed by atoms with Crippen molar-refractivity contribution in [2.24, 2.45) is 5.92 Å². The van der Waals surface area contributed by atoms with Crippen LogP contribution in [0.5, 0.6) is 0 Å². The lowest BCUT2D eigenvalue weighted by atomic mass is 9.89. The van der Waals surface area contributed by atoms with E-state index in [1.807, 2.05) is 12.1 Å². The third kappa shape index (κ3) is 4.85. The average Bonchev–Trinajstić information content (AvgIpc) is 3.16. The number of nitrogens with zero attached hydrogens (tertiary/aromatic N) is 1. The van der Waals surface area contributed by atoms with Gasteiger partial charge in [-0.3, -0.25) is 14.7 Å². The minimum atomic E-state index is -0.252. The van der Waals surface area contributed by atoms with E-state index in [0.717, 1.165) is 31.2 Å². The Morgan fingerprint density at radius 3 is 2.65 bits per heavy atom. The van der Waals surface area contributed by atoms with Crippen molar-refractivity contribution in [3.8, 4) is 11.3 Å². The van der Waals surface area contributed by atoms with Crippen molar-refractivity contribution in [3.05, 3.63) is 41.0 Å². The van der Waals surface area contributed by atoms with Gasteiger partial charge in [0.2, 0.25) is 5.91 Å². The zero-order valence-electron chi connectivity index (χ0n) is 14.6. The number of hydrogen-bond acceptors (Lipinski definition) is 3. The smallest absolute Gasteiger partial charge is 0.269 e. The van der Waals surface area contributed by atoms with Crippen molar-refractivity contribution in [3.63, 3.8) is 0 Å². The number of H-pyrrole nitrogens is 1. The molecule has 1 aliphatic rings. The molecule has 0 saturated heterocycles. The van der Waals surface area contributed by atoms with E-state index >= 15 is 0 Å². The van der Waals surface area contributed by atoms with Gasteiger partial charge in [-0.1, -0.05) is 43.0 Å². The van der Waals surface area contributed by atoms with E-state index in [9.17, 15) is 9.59 Å². The maximum absolute atomic E-state index is 12.2. The van der Waals surface area contributed by atoms with E-state index < -0.39 is 0 Å². The molecule has 0 bridgehead atoms. The minimum absolute atomic E-state index is 0.101. The third-order valence-electron chi connectivity index (χ3n) is 4.63. The molecule has 1 aromatic carbocycles. The van der Waals surface area contributed by atoms with Gasteiger partial charge >= 0.3 is 0 Å². The molecular weight excluding hydrogens is 352 g/mol. The Kier molecular flexibility index (Phi) is 6.28. The van der Waals surface area contributed by atoms with E-state index in [0.29, 0.717) is 29.5 Å². The molecule has 1 fully saturated rings. The van der Waals surface area contributed by atoms with E-state index in [1.54, 1.807) is 18.2 Å². The fourth-order valence-electron chi connectivity index (χ4n) is 3.20. The fraction of sp³-hybridized carbons (Fsp3) is 0.421. The Bertz CT molecular complexity index is 768. The lowest BCUT2D eigenvalue weighted by Crippen LogP contribution is -2.38. The summed E-state index contributed by atoms with van der Waals surface area (Å²) in [5, 5.41) is 13.2. The molecule has 1 saturated carbocycles. The fourth-order valence-corrected chi connectivity index (χ4v) is 3.39. The summed E-state index contributed by atoms with van der Waals surface area (Å²) >= 11 is 5.98. The first kappa shape index (κ1) is 18.5. The summed E-state index contributed by atoms with van der Waals surface area (Å²) < 4.78 is 0. The number of halogens is 1. The van der Waals surface area contributed by atoms with Crippen LogP contribution in [0.1, 0.15) is 42.6 Å². The SMILES string of the molecule is O=C(NCCNC(=O)C1CCCCC1)c1cc(-c2cccc(Cl)c2)n[nH]1. The van der Waals surface area contributed by atoms with Gasteiger partial charge in [-0.2, -0.15) is 5.10 Å². The number of nitrogens with one attached hydrogen (secondary N) is 3. The molecule has 138 valence electrons. The lowest BCUT2D eigenvalue weighted by molar-refractivity contribution is -0.125. The number of aromatic nitrogens is 2. The van der Waals surface area contributed by atoms with Gasteiger partial charge in [0, 0.05) is 29.6 Å². The molecule has 3 N–H and O–H groups in total. The van der Waals surface area contributed by atoms with E-state index in [2.05, 4.69) is 20.8 Å². The molecule has 1 aliphatic carbocycles. The Morgan fingerprint density at radius 2 is 1.88 bits per heavy atom. The summed E-state index contributed by atoms with van der Waals surface area (Å²) in [6.45, 7) is 0.805. The number of carbonyl (C=O) groups is 2. The highest BCUT2D eigenvalue weighted by Crippen LogP contribution is 2.23. The van der Waals surface area contributed by atoms with Crippen LogP contribution in [-0.2, 0) is 4.79 Å². The molecule has 1 aromatic heterocycles. The van der Waals surface area contributed by atoms with Gasteiger partial charge in [-0.25, -0.2) is 0 Å².